The van der Waals surface area contributed by atoms with Crippen molar-refractivity contribution in [3.05, 3.63) is 23.4 Å². The quantitative estimate of drug-likeness (QED) is 0.259. The van der Waals surface area contributed by atoms with Gasteiger partial charge in [0.2, 0.25) is 12.3 Å². The number of rotatable bonds is 12. The van der Waals surface area contributed by atoms with Gasteiger partial charge < -0.3 is 20.6 Å². The highest BCUT2D eigenvalue weighted by atomic mass is 31.1. The average molecular weight is 411 g/mol. The Labute approximate surface area is 169 Å². The normalized spacial score (nSPS) is 15.4. The summed E-state index contributed by atoms with van der Waals surface area (Å²) in [5, 5.41) is 14.4. The zero-order valence-corrected chi connectivity index (χ0v) is 18.3. The van der Waals surface area contributed by atoms with Crippen molar-refractivity contribution in [1.82, 2.24) is 15.5 Å². The van der Waals surface area contributed by atoms with Crippen molar-refractivity contribution in [3.63, 3.8) is 0 Å². The fourth-order valence-corrected chi connectivity index (χ4v) is 3.82. The van der Waals surface area contributed by atoms with Crippen LogP contribution in [0.2, 0.25) is 0 Å². The minimum Gasteiger partial charge on any atom is -0.396 e. The summed E-state index contributed by atoms with van der Waals surface area (Å²) in [7, 11) is 0.442. The van der Waals surface area contributed by atoms with Gasteiger partial charge in [-0.1, -0.05) is 34.6 Å². The number of aliphatic hydroxyl groups is 1. The average Bonchev–Trinajstić information content (AvgIpc) is 2.64. The van der Waals surface area contributed by atoms with Crippen LogP contribution >= 0.6 is 8.58 Å². The fraction of sp³-hybridized carbons (Fsp3) is 0.650. The summed E-state index contributed by atoms with van der Waals surface area (Å²) in [4.78, 5) is 38.8. The van der Waals surface area contributed by atoms with Crippen molar-refractivity contribution in [2.45, 2.75) is 59.0 Å². The second-order valence-electron chi connectivity index (χ2n) is 7.47. The first kappa shape index (κ1) is 24.3. The number of hydrogen-bond donors (Lipinski definition) is 3. The summed E-state index contributed by atoms with van der Waals surface area (Å²) in [6.07, 6.45) is 7.42. The molecular weight excluding hydrogens is 377 g/mol. The molecule has 1 aliphatic carbocycles. The zero-order valence-electron chi connectivity index (χ0n) is 17.3. The van der Waals surface area contributed by atoms with Crippen LogP contribution in [0, 0.1) is 5.92 Å². The van der Waals surface area contributed by atoms with Gasteiger partial charge in [0.05, 0.1) is 5.57 Å². The Morgan fingerprint density at radius 1 is 1.25 bits per heavy atom. The predicted molar refractivity (Wildman–Crippen MR) is 113 cm³/mol. The number of nitrogens with one attached hydrogen (secondary N) is 2. The number of hydrogen-bond acceptors (Lipinski definition) is 4. The van der Waals surface area contributed by atoms with Gasteiger partial charge in [0, 0.05) is 24.6 Å². The number of allylic oxidation sites excluding steroid dienone is 2. The van der Waals surface area contributed by atoms with Gasteiger partial charge in [-0.2, -0.15) is 0 Å². The molecule has 0 heterocycles. The fourth-order valence-electron chi connectivity index (χ4n) is 3.18. The first-order valence-electron chi connectivity index (χ1n) is 9.86. The van der Waals surface area contributed by atoms with E-state index in [1.54, 1.807) is 4.90 Å². The molecule has 28 heavy (non-hydrogen) atoms. The monoisotopic (exact) mass is 411 g/mol. The standard InChI is InChI=1S/C20H34N3O4P/c1-14(2)11-18(19(26)22-13-28-10-9-24)23(15(3)4)20(27)16-7-5-6-8-17(16)21-12-25/h7-8,12,14-15,18,24,28H,5-6,9-11,13H2,1-4H3,(H,21,25)(H,22,26). The molecule has 1 rings (SSSR count). The Morgan fingerprint density at radius 2 is 1.93 bits per heavy atom. The predicted octanol–water partition coefficient (Wildman–Crippen LogP) is 1.73. The van der Waals surface area contributed by atoms with Crippen molar-refractivity contribution in [2.75, 3.05) is 19.1 Å². The largest absolute Gasteiger partial charge is 0.396 e. The minimum absolute atomic E-state index is 0.105. The van der Waals surface area contributed by atoms with Crippen molar-refractivity contribution >= 4 is 26.8 Å². The van der Waals surface area contributed by atoms with Gasteiger partial charge >= 0.3 is 0 Å². The van der Waals surface area contributed by atoms with Crippen LogP contribution in [0.1, 0.15) is 47.0 Å². The van der Waals surface area contributed by atoms with Crippen LogP contribution in [-0.4, -0.2) is 59.4 Å². The van der Waals surface area contributed by atoms with Gasteiger partial charge in [0.15, 0.2) is 0 Å². The van der Waals surface area contributed by atoms with Crippen molar-refractivity contribution in [2.24, 2.45) is 5.92 Å². The Kier molecular flexibility index (Phi) is 11.0. The van der Waals surface area contributed by atoms with Gasteiger partial charge in [0.25, 0.3) is 5.91 Å². The zero-order chi connectivity index (χ0) is 21.1. The first-order chi connectivity index (χ1) is 13.3. The van der Waals surface area contributed by atoms with E-state index in [2.05, 4.69) is 10.6 Å². The molecule has 0 spiro atoms. The topological polar surface area (TPSA) is 98.7 Å². The molecule has 3 amide bonds. The lowest BCUT2D eigenvalue weighted by molar-refractivity contribution is -0.140. The molecule has 0 aliphatic heterocycles. The van der Waals surface area contributed by atoms with Crippen LogP contribution < -0.4 is 10.6 Å². The maximum atomic E-state index is 13.4. The first-order valence-corrected chi connectivity index (χ1v) is 11.3. The van der Waals surface area contributed by atoms with Crippen LogP contribution in [0.5, 0.6) is 0 Å². The molecule has 2 unspecified atom stereocenters. The lowest BCUT2D eigenvalue weighted by Gasteiger charge is -2.36. The van der Waals surface area contributed by atoms with E-state index < -0.39 is 6.04 Å². The van der Waals surface area contributed by atoms with Crippen LogP contribution in [0.15, 0.2) is 23.4 Å². The molecule has 1 aliphatic rings. The minimum atomic E-state index is -0.591. The van der Waals surface area contributed by atoms with Crippen LogP contribution in [-0.2, 0) is 14.4 Å². The lowest BCUT2D eigenvalue weighted by atomic mass is 9.96. The smallest absolute Gasteiger partial charge is 0.256 e. The van der Waals surface area contributed by atoms with E-state index in [4.69, 9.17) is 5.11 Å². The van der Waals surface area contributed by atoms with Gasteiger partial charge in [-0.15, -0.1) is 0 Å². The van der Waals surface area contributed by atoms with E-state index in [1.165, 1.54) is 0 Å². The third-order valence-corrected chi connectivity index (χ3v) is 5.40. The van der Waals surface area contributed by atoms with Crippen LogP contribution in [0.3, 0.4) is 0 Å². The molecule has 0 bridgehead atoms. The highest BCUT2D eigenvalue weighted by molar-refractivity contribution is 7.37. The summed E-state index contributed by atoms with van der Waals surface area (Å²) in [6.45, 7) is 7.94. The third-order valence-electron chi connectivity index (χ3n) is 4.40. The molecule has 0 fully saturated rings. The summed E-state index contributed by atoms with van der Waals surface area (Å²) in [6, 6.07) is -0.770. The molecule has 2 atom stereocenters. The highest BCUT2D eigenvalue weighted by Gasteiger charge is 2.34. The summed E-state index contributed by atoms with van der Waals surface area (Å²) in [5.74, 6) is -0.187. The van der Waals surface area contributed by atoms with E-state index in [1.807, 2.05) is 39.8 Å². The maximum absolute atomic E-state index is 13.4. The van der Waals surface area contributed by atoms with Crippen molar-refractivity contribution in [3.8, 4) is 0 Å². The SMILES string of the molecule is CC(C)CC(C(=O)NCPCCO)N(C(=O)C1=CCCC=C1NC=O)C(C)C. The number of aliphatic hydroxyl groups excluding tert-OH is 1. The number of carbonyl (C=O) groups excluding carboxylic acids is 3. The van der Waals surface area contributed by atoms with E-state index in [0.29, 0.717) is 45.1 Å². The number of amides is 3. The molecule has 0 saturated heterocycles. The van der Waals surface area contributed by atoms with E-state index in [0.717, 1.165) is 12.8 Å². The molecule has 0 aromatic rings. The van der Waals surface area contributed by atoms with Crippen molar-refractivity contribution in [1.29, 1.82) is 0 Å². The van der Waals surface area contributed by atoms with Crippen LogP contribution in [0.25, 0.3) is 0 Å². The molecule has 158 valence electrons. The summed E-state index contributed by atoms with van der Waals surface area (Å²) in [5.41, 5.74) is 0.945. The molecule has 0 aromatic carbocycles. The van der Waals surface area contributed by atoms with Gasteiger partial charge in [-0.05, 0) is 45.2 Å². The van der Waals surface area contributed by atoms with Gasteiger partial charge in [-0.3, -0.25) is 14.4 Å². The second kappa shape index (κ2) is 12.7. The van der Waals surface area contributed by atoms with E-state index in [9.17, 15) is 14.4 Å². The Morgan fingerprint density at radius 3 is 2.50 bits per heavy atom. The molecular formula is C20H34N3O4P. The lowest BCUT2D eigenvalue weighted by Crippen LogP contribution is -2.53. The molecule has 7 nitrogen and oxygen atoms in total. The number of carbonyl (C=O) groups is 3. The number of nitrogens with zero attached hydrogens (tertiary/aromatic N) is 1. The molecule has 0 saturated carbocycles. The molecule has 0 radical (unpaired) electrons. The second-order valence-corrected chi connectivity index (χ2v) is 8.82. The Bertz CT molecular complexity index is 602. The molecule has 0 aromatic heterocycles. The van der Waals surface area contributed by atoms with Crippen LogP contribution in [0.4, 0.5) is 0 Å². The molecule has 3 N–H and O–H groups in total. The maximum Gasteiger partial charge on any atom is 0.256 e. The highest BCUT2D eigenvalue weighted by Crippen LogP contribution is 2.24. The van der Waals surface area contributed by atoms with Gasteiger partial charge in [-0.25, -0.2) is 0 Å². The summed E-state index contributed by atoms with van der Waals surface area (Å²) < 4.78 is 0. The van der Waals surface area contributed by atoms with Crippen molar-refractivity contribution < 1.29 is 19.5 Å². The van der Waals surface area contributed by atoms with Gasteiger partial charge in [0.1, 0.15) is 6.04 Å². The summed E-state index contributed by atoms with van der Waals surface area (Å²) >= 11 is 0. The third kappa shape index (κ3) is 7.36. The Balaban J connectivity index is 3.08. The molecule has 8 heteroatoms. The van der Waals surface area contributed by atoms with E-state index in [-0.39, 0.29) is 30.4 Å². The Hall–Kier alpha value is -1.72. The van der Waals surface area contributed by atoms with E-state index >= 15 is 0 Å².